The lowest BCUT2D eigenvalue weighted by Crippen LogP contribution is -2.35. The van der Waals surface area contributed by atoms with E-state index in [4.69, 9.17) is 9.72 Å². The molecule has 176 valence electrons. The van der Waals surface area contributed by atoms with E-state index in [0.29, 0.717) is 5.56 Å². The molecule has 0 amide bonds. The van der Waals surface area contributed by atoms with Crippen LogP contribution in [0.15, 0.2) is 48.8 Å². The Labute approximate surface area is 205 Å². The minimum atomic E-state index is 0.498. The highest BCUT2D eigenvalue weighted by molar-refractivity contribution is 5.90. The van der Waals surface area contributed by atoms with Crippen molar-refractivity contribution in [3.05, 3.63) is 82.6 Å². The normalized spacial score (nSPS) is 14.4. The highest BCUT2D eigenvalue weighted by atomic mass is 16.5. The first-order valence-corrected chi connectivity index (χ1v) is 11.8. The van der Waals surface area contributed by atoms with E-state index < -0.39 is 0 Å². The number of nitrogens with one attached hydrogen (secondary N) is 2. The molecule has 0 saturated carbocycles. The minimum Gasteiger partial charge on any atom is -0.379 e. The monoisotopic (exact) mass is 464 g/mol. The summed E-state index contributed by atoms with van der Waals surface area (Å²) in [5, 5.41) is 14.5. The number of rotatable bonds is 6. The van der Waals surface area contributed by atoms with Gasteiger partial charge in [0.25, 0.3) is 0 Å². The first-order chi connectivity index (χ1) is 17.1. The molecule has 4 aromatic rings. The highest BCUT2D eigenvalue weighted by Crippen LogP contribution is 2.32. The second-order valence-electron chi connectivity index (χ2n) is 8.74. The zero-order valence-corrected chi connectivity index (χ0v) is 20.0. The number of nitriles is 1. The van der Waals surface area contributed by atoms with E-state index >= 15 is 0 Å². The third kappa shape index (κ3) is 4.94. The summed E-state index contributed by atoms with van der Waals surface area (Å²) in [6, 6.07) is 14.5. The molecule has 1 saturated heterocycles. The molecule has 0 aliphatic carbocycles. The van der Waals surface area contributed by atoms with Crippen LogP contribution in [0.2, 0.25) is 0 Å². The molecule has 1 aliphatic rings. The predicted molar refractivity (Wildman–Crippen MR) is 139 cm³/mol. The number of anilines is 2. The topological polar surface area (TPSA) is 89.9 Å². The number of aromatic amines is 1. The van der Waals surface area contributed by atoms with Gasteiger partial charge in [-0.25, -0.2) is 0 Å². The molecule has 4 heterocycles. The fraction of sp³-hybridized carbons (Fsp3) is 0.250. The summed E-state index contributed by atoms with van der Waals surface area (Å²) >= 11 is 0. The van der Waals surface area contributed by atoms with Crippen LogP contribution in [0.4, 0.5) is 11.4 Å². The van der Waals surface area contributed by atoms with Crippen molar-refractivity contribution in [2.45, 2.75) is 20.4 Å². The quantitative estimate of drug-likeness (QED) is 0.408. The van der Waals surface area contributed by atoms with Gasteiger partial charge in [-0.3, -0.25) is 14.9 Å². The van der Waals surface area contributed by atoms with E-state index in [0.717, 1.165) is 83.3 Å². The Kier molecular flexibility index (Phi) is 6.57. The van der Waals surface area contributed by atoms with E-state index in [1.165, 1.54) is 0 Å². The molecule has 35 heavy (non-hydrogen) atoms. The summed E-state index contributed by atoms with van der Waals surface area (Å²) in [6.45, 7) is 8.24. The first kappa shape index (κ1) is 22.8. The van der Waals surface area contributed by atoms with Crippen molar-refractivity contribution < 1.29 is 4.74 Å². The van der Waals surface area contributed by atoms with Gasteiger partial charge in [0.15, 0.2) is 0 Å². The van der Waals surface area contributed by atoms with Gasteiger partial charge in [-0.1, -0.05) is 6.07 Å². The Morgan fingerprint density at radius 1 is 1.14 bits per heavy atom. The third-order valence-corrected chi connectivity index (χ3v) is 6.44. The number of aromatic nitrogens is 3. The van der Waals surface area contributed by atoms with Gasteiger partial charge >= 0.3 is 0 Å². The van der Waals surface area contributed by atoms with E-state index in [2.05, 4.69) is 45.3 Å². The van der Waals surface area contributed by atoms with Crippen molar-refractivity contribution in [2.75, 3.05) is 31.6 Å². The number of morpholine rings is 1. The second-order valence-corrected chi connectivity index (χ2v) is 8.74. The maximum absolute atomic E-state index is 9.81. The lowest BCUT2D eigenvalue weighted by molar-refractivity contribution is 0.0336. The lowest BCUT2D eigenvalue weighted by Gasteiger charge is -2.26. The molecular formula is C28H28N6O. The van der Waals surface area contributed by atoms with Crippen LogP contribution in [0.3, 0.4) is 0 Å². The van der Waals surface area contributed by atoms with Gasteiger partial charge in [-0.05, 0) is 61.9 Å². The van der Waals surface area contributed by atoms with Crippen molar-refractivity contribution in [1.82, 2.24) is 19.9 Å². The Hall–Kier alpha value is -3.99. The molecule has 0 radical (unpaired) electrons. The van der Waals surface area contributed by atoms with Crippen LogP contribution in [-0.4, -0.2) is 46.2 Å². The molecule has 7 nitrogen and oxygen atoms in total. The molecular weight excluding hydrogens is 436 g/mol. The molecule has 0 bridgehead atoms. The van der Waals surface area contributed by atoms with Gasteiger partial charge in [0.05, 0.1) is 35.9 Å². The van der Waals surface area contributed by atoms with Gasteiger partial charge in [-0.15, -0.1) is 0 Å². The number of H-pyrrole nitrogens is 1. The number of hydrogen-bond donors (Lipinski definition) is 2. The molecule has 2 N–H and O–H groups in total. The minimum absolute atomic E-state index is 0.498. The fourth-order valence-electron chi connectivity index (χ4n) is 4.43. The number of benzene rings is 1. The summed E-state index contributed by atoms with van der Waals surface area (Å²) in [4.78, 5) is 14.9. The van der Waals surface area contributed by atoms with Crippen LogP contribution in [0.1, 0.15) is 33.8 Å². The van der Waals surface area contributed by atoms with Crippen LogP contribution in [0, 0.1) is 25.2 Å². The molecule has 0 spiro atoms. The molecule has 1 fully saturated rings. The Morgan fingerprint density at radius 3 is 2.83 bits per heavy atom. The van der Waals surface area contributed by atoms with Crippen molar-refractivity contribution >= 4 is 34.4 Å². The number of ether oxygens (including phenoxy) is 1. The summed E-state index contributed by atoms with van der Waals surface area (Å²) in [7, 11) is 0. The van der Waals surface area contributed by atoms with Crippen molar-refractivity contribution in [3.63, 3.8) is 0 Å². The predicted octanol–water partition coefficient (Wildman–Crippen LogP) is 5.19. The van der Waals surface area contributed by atoms with Gasteiger partial charge in [-0.2, -0.15) is 5.26 Å². The average molecular weight is 465 g/mol. The summed E-state index contributed by atoms with van der Waals surface area (Å²) < 4.78 is 5.45. The molecule has 5 rings (SSSR count). The van der Waals surface area contributed by atoms with Crippen LogP contribution >= 0.6 is 0 Å². The molecule has 0 atom stereocenters. The van der Waals surface area contributed by atoms with Gasteiger partial charge in [0.1, 0.15) is 6.07 Å². The maximum Gasteiger partial charge on any atom is 0.103 e. The van der Waals surface area contributed by atoms with Crippen LogP contribution < -0.4 is 5.32 Å². The molecule has 0 unspecified atom stereocenters. The smallest absolute Gasteiger partial charge is 0.103 e. The second kappa shape index (κ2) is 10.1. The largest absolute Gasteiger partial charge is 0.379 e. The van der Waals surface area contributed by atoms with Crippen LogP contribution in [-0.2, 0) is 11.3 Å². The van der Waals surface area contributed by atoms with Crippen molar-refractivity contribution in [3.8, 4) is 6.07 Å². The number of aryl methyl sites for hydroxylation is 2. The highest BCUT2D eigenvalue weighted by Gasteiger charge is 2.14. The third-order valence-electron chi connectivity index (χ3n) is 6.44. The number of pyridine rings is 2. The SMILES string of the molecule is Cc1ncc(C#N)c(Nc2ccc3[nH]ccc3c2C)c1/C=C/c1cccc(CN2CCOCC2)n1. The Bertz CT molecular complexity index is 1430. The number of hydrogen-bond acceptors (Lipinski definition) is 6. The summed E-state index contributed by atoms with van der Waals surface area (Å²) in [5.41, 5.74) is 8.02. The lowest BCUT2D eigenvalue weighted by atomic mass is 10.0. The number of fused-ring (bicyclic) bond motifs is 1. The van der Waals surface area contributed by atoms with Gasteiger partial charge in [0.2, 0.25) is 0 Å². The molecule has 1 aliphatic heterocycles. The fourth-order valence-corrected chi connectivity index (χ4v) is 4.43. The first-order valence-electron chi connectivity index (χ1n) is 11.8. The molecule has 3 aromatic heterocycles. The van der Waals surface area contributed by atoms with Crippen LogP contribution in [0.5, 0.6) is 0 Å². The number of nitrogens with zero attached hydrogens (tertiary/aromatic N) is 4. The van der Waals surface area contributed by atoms with Gasteiger partial charge in [0, 0.05) is 59.9 Å². The van der Waals surface area contributed by atoms with E-state index in [9.17, 15) is 5.26 Å². The van der Waals surface area contributed by atoms with Crippen LogP contribution in [0.25, 0.3) is 23.1 Å². The molecule has 1 aromatic carbocycles. The summed E-state index contributed by atoms with van der Waals surface area (Å²) in [5.74, 6) is 0. The van der Waals surface area contributed by atoms with E-state index in [1.54, 1.807) is 6.20 Å². The Morgan fingerprint density at radius 2 is 2.00 bits per heavy atom. The summed E-state index contributed by atoms with van der Waals surface area (Å²) in [6.07, 6.45) is 7.55. The molecule has 7 heteroatoms. The van der Waals surface area contributed by atoms with E-state index in [1.807, 2.05) is 49.5 Å². The zero-order chi connectivity index (χ0) is 24.2. The van der Waals surface area contributed by atoms with E-state index in [-0.39, 0.29) is 0 Å². The van der Waals surface area contributed by atoms with Crippen molar-refractivity contribution in [2.24, 2.45) is 0 Å². The van der Waals surface area contributed by atoms with Gasteiger partial charge < -0.3 is 15.0 Å². The standard InChI is InChI=1S/C28H28N6O/c1-19-24-10-11-30-27(24)9-8-26(19)33-28-21(16-29)17-31-20(2)25(28)7-6-22-4-3-5-23(32-22)18-34-12-14-35-15-13-34/h3-11,17,30H,12-15,18H2,1-2H3,(H,31,33)/b7-6+. The average Bonchev–Trinajstić information content (AvgIpc) is 3.36. The zero-order valence-electron chi connectivity index (χ0n) is 20.0. The Balaban J connectivity index is 1.45. The maximum atomic E-state index is 9.81. The van der Waals surface area contributed by atoms with Crippen molar-refractivity contribution in [1.29, 1.82) is 5.26 Å².